The molecule has 0 spiro atoms. The fourth-order valence-corrected chi connectivity index (χ4v) is 3.81. The number of rotatable bonds is 4. The molecule has 0 radical (unpaired) electrons. The van der Waals surface area contributed by atoms with E-state index in [1.54, 1.807) is 0 Å². The lowest BCUT2D eigenvalue weighted by molar-refractivity contribution is -0.115. The molecule has 24 heavy (non-hydrogen) atoms. The highest BCUT2D eigenvalue weighted by Gasteiger charge is 2.32. The van der Waals surface area contributed by atoms with E-state index in [1.807, 2.05) is 11.0 Å². The van der Waals surface area contributed by atoms with E-state index in [-0.39, 0.29) is 5.91 Å². The quantitative estimate of drug-likeness (QED) is 0.648. The summed E-state index contributed by atoms with van der Waals surface area (Å²) in [5.41, 5.74) is 3.04. The zero-order valence-electron chi connectivity index (χ0n) is 14.5. The van der Waals surface area contributed by atoms with Crippen molar-refractivity contribution in [1.82, 2.24) is 10.2 Å². The molecule has 0 aromatic heterocycles. The number of hydrogen-bond acceptors (Lipinski definition) is 2. The fraction of sp³-hybridized carbons (Fsp3) is 0.500. The zero-order chi connectivity index (χ0) is 17.1. The van der Waals surface area contributed by atoms with Crippen LogP contribution in [-0.2, 0) is 4.79 Å². The Balaban J connectivity index is 1.79. The maximum Gasteiger partial charge on any atom is 0.274 e. The van der Waals surface area contributed by atoms with Crippen LogP contribution in [0.25, 0.3) is 6.08 Å². The SMILES string of the molecule is CC(C)c1ccc(/C=C2\C(=O)NC(=S)N2CC2CCCCC2)cc1. The highest BCUT2D eigenvalue weighted by Crippen LogP contribution is 2.27. The molecule has 1 saturated carbocycles. The van der Waals surface area contributed by atoms with Gasteiger partial charge in [-0.1, -0.05) is 57.4 Å². The molecule has 1 aliphatic carbocycles. The van der Waals surface area contributed by atoms with Crippen molar-refractivity contribution < 1.29 is 4.79 Å². The van der Waals surface area contributed by atoms with Gasteiger partial charge in [0.25, 0.3) is 5.91 Å². The number of carbonyl (C=O) groups is 1. The zero-order valence-corrected chi connectivity index (χ0v) is 15.4. The van der Waals surface area contributed by atoms with Crippen molar-refractivity contribution >= 4 is 29.3 Å². The molecule has 1 aliphatic heterocycles. The van der Waals surface area contributed by atoms with Crippen molar-refractivity contribution in [3.8, 4) is 0 Å². The Kier molecular flexibility index (Phi) is 5.34. The molecular weight excluding hydrogens is 316 g/mol. The van der Waals surface area contributed by atoms with Crippen LogP contribution in [0.3, 0.4) is 0 Å². The molecule has 1 aromatic rings. The van der Waals surface area contributed by atoms with Gasteiger partial charge in [-0.3, -0.25) is 10.1 Å². The molecule has 2 fully saturated rings. The predicted molar refractivity (Wildman–Crippen MR) is 103 cm³/mol. The Morgan fingerprint density at radius 1 is 1.21 bits per heavy atom. The topological polar surface area (TPSA) is 32.3 Å². The van der Waals surface area contributed by atoms with Gasteiger partial charge in [-0.15, -0.1) is 0 Å². The number of benzene rings is 1. The summed E-state index contributed by atoms with van der Waals surface area (Å²) in [5.74, 6) is 1.07. The third-order valence-electron chi connectivity index (χ3n) is 5.06. The van der Waals surface area contributed by atoms with Gasteiger partial charge < -0.3 is 4.90 Å². The van der Waals surface area contributed by atoms with Gasteiger partial charge in [0.2, 0.25) is 0 Å². The molecule has 0 atom stereocenters. The summed E-state index contributed by atoms with van der Waals surface area (Å²) in [6.07, 6.45) is 8.36. The van der Waals surface area contributed by atoms with Crippen molar-refractivity contribution in [3.63, 3.8) is 0 Å². The third-order valence-corrected chi connectivity index (χ3v) is 5.38. The van der Waals surface area contributed by atoms with Crippen molar-refractivity contribution in [1.29, 1.82) is 0 Å². The summed E-state index contributed by atoms with van der Waals surface area (Å²) in [4.78, 5) is 14.3. The van der Waals surface area contributed by atoms with E-state index in [1.165, 1.54) is 37.7 Å². The van der Waals surface area contributed by atoms with Gasteiger partial charge in [-0.2, -0.15) is 0 Å². The molecular formula is C20H26N2OS. The lowest BCUT2D eigenvalue weighted by Gasteiger charge is -2.27. The minimum Gasteiger partial charge on any atom is -0.314 e. The van der Waals surface area contributed by atoms with E-state index in [4.69, 9.17) is 12.2 Å². The number of carbonyl (C=O) groups excluding carboxylic acids is 1. The van der Waals surface area contributed by atoms with Gasteiger partial charge in [0, 0.05) is 6.54 Å². The Morgan fingerprint density at radius 3 is 2.50 bits per heavy atom. The van der Waals surface area contributed by atoms with Gasteiger partial charge in [0.15, 0.2) is 5.11 Å². The Hall–Kier alpha value is -1.68. The summed E-state index contributed by atoms with van der Waals surface area (Å²) in [7, 11) is 0. The number of amides is 1. The van der Waals surface area contributed by atoms with E-state index >= 15 is 0 Å². The van der Waals surface area contributed by atoms with Gasteiger partial charge in [0.05, 0.1) is 0 Å². The molecule has 0 unspecified atom stereocenters. The highest BCUT2D eigenvalue weighted by atomic mass is 32.1. The first-order valence-electron chi connectivity index (χ1n) is 8.99. The van der Waals surface area contributed by atoms with Crippen LogP contribution in [0.4, 0.5) is 0 Å². The number of nitrogens with one attached hydrogen (secondary N) is 1. The van der Waals surface area contributed by atoms with Crippen LogP contribution in [0.1, 0.15) is 63.0 Å². The van der Waals surface area contributed by atoms with E-state index in [0.717, 1.165) is 12.1 Å². The molecule has 1 saturated heterocycles. The number of hydrogen-bond donors (Lipinski definition) is 1. The lowest BCUT2D eigenvalue weighted by Crippen LogP contribution is -2.32. The van der Waals surface area contributed by atoms with Crippen LogP contribution in [0.5, 0.6) is 0 Å². The van der Waals surface area contributed by atoms with E-state index in [2.05, 4.69) is 43.4 Å². The van der Waals surface area contributed by atoms with Crippen molar-refractivity contribution in [2.24, 2.45) is 5.92 Å². The maximum atomic E-state index is 12.3. The highest BCUT2D eigenvalue weighted by molar-refractivity contribution is 7.80. The largest absolute Gasteiger partial charge is 0.314 e. The molecule has 1 amide bonds. The molecule has 4 heteroatoms. The van der Waals surface area contributed by atoms with E-state index in [0.29, 0.717) is 22.6 Å². The van der Waals surface area contributed by atoms with Crippen LogP contribution < -0.4 is 5.32 Å². The normalized spacial score (nSPS) is 21.0. The third kappa shape index (κ3) is 3.86. The van der Waals surface area contributed by atoms with E-state index < -0.39 is 0 Å². The van der Waals surface area contributed by atoms with Gasteiger partial charge in [-0.05, 0) is 54.1 Å². The predicted octanol–water partition coefficient (Wildman–Crippen LogP) is 4.45. The average Bonchev–Trinajstić information content (AvgIpc) is 2.83. The first-order chi connectivity index (χ1) is 11.5. The first kappa shape index (κ1) is 17.2. The second kappa shape index (κ2) is 7.47. The van der Waals surface area contributed by atoms with E-state index in [9.17, 15) is 4.79 Å². The van der Waals surface area contributed by atoms with Crippen molar-refractivity contribution in [3.05, 3.63) is 41.1 Å². The second-order valence-corrected chi connectivity index (χ2v) is 7.61. The molecule has 1 aromatic carbocycles. The summed E-state index contributed by atoms with van der Waals surface area (Å²) in [6.45, 7) is 5.22. The van der Waals surface area contributed by atoms with Crippen LogP contribution in [0.15, 0.2) is 30.0 Å². The molecule has 128 valence electrons. The summed E-state index contributed by atoms with van der Waals surface area (Å²) < 4.78 is 0. The standard InChI is InChI=1S/C20H26N2OS/c1-14(2)17-10-8-15(9-11-17)12-18-19(23)21-20(24)22(18)13-16-6-4-3-5-7-16/h8-12,14,16H,3-7,13H2,1-2H3,(H,21,23,24)/b18-12+. The number of nitrogens with zero attached hydrogens (tertiary/aromatic N) is 1. The Morgan fingerprint density at radius 2 is 1.88 bits per heavy atom. The minimum absolute atomic E-state index is 0.0799. The van der Waals surface area contributed by atoms with Crippen LogP contribution in [0, 0.1) is 5.92 Å². The summed E-state index contributed by atoms with van der Waals surface area (Å²) >= 11 is 5.39. The summed E-state index contributed by atoms with van der Waals surface area (Å²) in [6, 6.07) is 8.42. The Bertz CT molecular complexity index is 642. The summed E-state index contributed by atoms with van der Waals surface area (Å²) in [5, 5.41) is 3.36. The van der Waals surface area contributed by atoms with Crippen LogP contribution in [0.2, 0.25) is 0 Å². The van der Waals surface area contributed by atoms with Crippen molar-refractivity contribution in [2.45, 2.75) is 51.9 Å². The molecule has 3 rings (SSSR count). The monoisotopic (exact) mass is 342 g/mol. The molecule has 2 aliphatic rings. The second-order valence-electron chi connectivity index (χ2n) is 7.22. The number of thiocarbonyl (C=S) groups is 1. The molecule has 0 bridgehead atoms. The lowest BCUT2D eigenvalue weighted by atomic mass is 9.89. The van der Waals surface area contributed by atoms with Gasteiger partial charge in [0.1, 0.15) is 5.70 Å². The van der Waals surface area contributed by atoms with Crippen LogP contribution in [-0.4, -0.2) is 22.5 Å². The average molecular weight is 343 g/mol. The van der Waals surface area contributed by atoms with Crippen LogP contribution >= 0.6 is 12.2 Å². The first-order valence-corrected chi connectivity index (χ1v) is 9.40. The molecule has 1 N–H and O–H groups in total. The molecule has 3 nitrogen and oxygen atoms in total. The maximum absolute atomic E-state index is 12.3. The fourth-order valence-electron chi connectivity index (χ4n) is 3.55. The van der Waals surface area contributed by atoms with Crippen molar-refractivity contribution in [2.75, 3.05) is 6.54 Å². The molecule has 1 heterocycles. The Labute approximate surface area is 150 Å². The van der Waals surface area contributed by atoms with Gasteiger partial charge >= 0.3 is 0 Å². The van der Waals surface area contributed by atoms with Gasteiger partial charge in [-0.25, -0.2) is 0 Å². The smallest absolute Gasteiger partial charge is 0.274 e. The minimum atomic E-state index is -0.0799.